The van der Waals surface area contributed by atoms with Crippen LogP contribution in [0.2, 0.25) is 0 Å². The summed E-state index contributed by atoms with van der Waals surface area (Å²) in [6.45, 7) is 3.59. The number of anilines is 2. The lowest BCUT2D eigenvalue weighted by Crippen LogP contribution is -2.61. The number of nitrogens with zero attached hydrogens (tertiary/aromatic N) is 4. The van der Waals surface area contributed by atoms with Gasteiger partial charge in [-0.3, -0.25) is 18.2 Å². The summed E-state index contributed by atoms with van der Waals surface area (Å²) in [5.41, 5.74) is 0.164. The van der Waals surface area contributed by atoms with Crippen molar-refractivity contribution in [3.05, 3.63) is 66.6 Å². The molecule has 2 unspecified atom stereocenters. The van der Waals surface area contributed by atoms with E-state index in [9.17, 15) is 41.2 Å². The first-order valence-electron chi connectivity index (χ1n) is 15.4. The van der Waals surface area contributed by atoms with Gasteiger partial charge < -0.3 is 19.7 Å². The fraction of sp³-hybridized carbons (Fsp3) is 0.419. The smallest absolute Gasteiger partial charge is 0.484 e. The van der Waals surface area contributed by atoms with E-state index in [1.165, 1.54) is 42.3 Å². The Morgan fingerprint density at radius 1 is 1.15 bits per heavy atom. The highest BCUT2D eigenvalue weighted by molar-refractivity contribution is 7.86. The van der Waals surface area contributed by atoms with E-state index in [1.807, 2.05) is 6.92 Å². The Morgan fingerprint density at radius 3 is 2.46 bits per heavy atom. The number of imide groups is 1. The molecule has 0 spiro atoms. The van der Waals surface area contributed by atoms with Crippen molar-refractivity contribution >= 4 is 50.8 Å². The third-order valence-electron chi connectivity index (χ3n) is 8.55. The van der Waals surface area contributed by atoms with Gasteiger partial charge in [-0.05, 0) is 49.7 Å². The molecule has 5 atom stereocenters. The minimum Gasteiger partial charge on any atom is -0.484 e. The molecule has 1 aromatic heterocycles. The molecule has 260 valence electrons. The number of imidazole rings is 1. The van der Waals surface area contributed by atoms with Gasteiger partial charge in [0.25, 0.3) is 27.3 Å². The highest BCUT2D eigenvalue weighted by Gasteiger charge is 2.59. The van der Waals surface area contributed by atoms with Gasteiger partial charge in [-0.15, -0.1) is 0 Å². The molecule has 48 heavy (non-hydrogen) atoms. The molecule has 1 aliphatic heterocycles. The van der Waals surface area contributed by atoms with Gasteiger partial charge in [-0.1, -0.05) is 44.7 Å². The fourth-order valence-electron chi connectivity index (χ4n) is 5.97. The number of aromatic nitrogens is 2. The number of ether oxygens (including phenoxy) is 1. The van der Waals surface area contributed by atoms with Crippen LogP contribution in [0.1, 0.15) is 68.8 Å². The Kier molecular flexibility index (Phi) is 11.7. The van der Waals surface area contributed by atoms with Gasteiger partial charge >= 0.3 is 12.0 Å². The summed E-state index contributed by atoms with van der Waals surface area (Å²) in [5.74, 6) is -1.03. The van der Waals surface area contributed by atoms with Crippen LogP contribution in [-0.4, -0.2) is 84.5 Å². The van der Waals surface area contributed by atoms with Crippen molar-refractivity contribution in [1.82, 2.24) is 9.55 Å². The molecule has 0 bridgehead atoms. The van der Waals surface area contributed by atoms with Crippen molar-refractivity contribution in [3.8, 4) is 5.75 Å². The predicted molar refractivity (Wildman–Crippen MR) is 177 cm³/mol. The number of benzene rings is 2. The molecule has 0 saturated carbocycles. The van der Waals surface area contributed by atoms with Crippen LogP contribution in [0.4, 0.5) is 16.3 Å². The maximum atomic E-state index is 14.4. The maximum Gasteiger partial charge on any atom is 0.521 e. The lowest BCUT2D eigenvalue weighted by Gasteiger charge is -2.33. The monoisotopic (exact) mass is 706 g/mol. The molecule has 1 aliphatic rings. The quantitative estimate of drug-likeness (QED) is 0.0781. The third kappa shape index (κ3) is 8.10. The van der Waals surface area contributed by atoms with Gasteiger partial charge in [0.15, 0.2) is 11.9 Å². The number of carbonyl (C=O) groups is 3. The highest BCUT2D eigenvalue weighted by atomic mass is 32.2. The topological polar surface area (TPSA) is 205 Å². The summed E-state index contributed by atoms with van der Waals surface area (Å²) in [4.78, 5) is 44.0. The van der Waals surface area contributed by atoms with Gasteiger partial charge in [0.1, 0.15) is 29.3 Å². The Morgan fingerprint density at radius 2 is 1.83 bits per heavy atom. The van der Waals surface area contributed by atoms with Crippen molar-refractivity contribution in [2.45, 2.75) is 75.5 Å². The number of hydrogen-bond donors (Lipinski definition) is 4. The van der Waals surface area contributed by atoms with Crippen LogP contribution < -0.4 is 14.4 Å². The molecular weight excluding hydrogens is 667 g/mol. The van der Waals surface area contributed by atoms with Crippen molar-refractivity contribution in [2.75, 3.05) is 23.2 Å². The lowest BCUT2D eigenvalue weighted by atomic mass is 10.0. The van der Waals surface area contributed by atoms with E-state index in [1.54, 1.807) is 31.2 Å². The van der Waals surface area contributed by atoms with Crippen LogP contribution >= 0.6 is 0 Å². The molecule has 4 rings (SSSR count). The fourth-order valence-corrected chi connectivity index (χ4v) is 6.96. The van der Waals surface area contributed by atoms with Gasteiger partial charge in [-0.2, -0.15) is 17.7 Å². The molecule has 2 aromatic carbocycles. The van der Waals surface area contributed by atoms with Gasteiger partial charge in [0.2, 0.25) is 0 Å². The summed E-state index contributed by atoms with van der Waals surface area (Å²) in [6.07, 6.45) is 4.64. The number of nitrogens with one attached hydrogen (secondary N) is 1. The van der Waals surface area contributed by atoms with Crippen LogP contribution in [0.5, 0.6) is 5.75 Å². The first kappa shape index (κ1) is 36.7. The number of carbonyl (C=O) groups excluding carboxylic acids is 2. The normalized spacial score (nSPS) is 20.5. The van der Waals surface area contributed by atoms with Crippen molar-refractivity contribution in [2.24, 2.45) is 0 Å². The van der Waals surface area contributed by atoms with E-state index < -0.39 is 66.9 Å². The summed E-state index contributed by atoms with van der Waals surface area (Å²) in [5, 5.41) is 13.1. The highest BCUT2D eigenvalue weighted by Crippen LogP contribution is 2.36. The molecular formula is C31H40N5O10S2+. The minimum absolute atomic E-state index is 0.00632. The molecule has 15 nitrogen and oxygen atoms in total. The Labute approximate surface area is 281 Å². The van der Waals surface area contributed by atoms with E-state index in [2.05, 4.69) is 10.3 Å². The lowest BCUT2D eigenvalue weighted by molar-refractivity contribution is -0.795. The first-order chi connectivity index (χ1) is 22.7. The SMILES string of the molecule is CCCCCCC(C(=O)[N@@+]1(C(=O)O)C[C@@H](Oc2ccc(N(C)S(=O)O)cc2)C[C@H]1C)n1cnc(NC(=O)c2ccccc2S(=O)(=O)O)c1. The number of carboxylic acid groups (broad SMARTS) is 1. The van der Waals surface area contributed by atoms with Crippen LogP contribution in [0, 0.1) is 0 Å². The standard InChI is InChI=1S/C31H39N5O10S2/c1-4-5-6-7-11-26(35-18-28(32-20-35)33-29(37)25-10-8-9-12-27(25)48(43,44)45)30(38)36(31(39)40)19-24(17-21(36)2)46-23-15-13-22(14-16-23)34(3)47(41)42/h8-10,12-16,18,20-21,24,26H,4-7,11,17,19H2,1-3H3,(H3-,33,37,39,40,41,42,43,44,45)/p+1/t21-,24+,26?,36-/m1/s1. The number of hydrogen-bond acceptors (Lipinski definition) is 8. The average Bonchev–Trinajstić information content (AvgIpc) is 3.64. The average molecular weight is 707 g/mol. The largest absolute Gasteiger partial charge is 0.521 e. The number of amides is 3. The van der Waals surface area contributed by atoms with Crippen LogP contribution in [-0.2, 0) is 26.2 Å². The van der Waals surface area contributed by atoms with Crippen molar-refractivity contribution in [1.29, 1.82) is 0 Å². The number of rotatable bonds is 14. The molecule has 17 heteroatoms. The zero-order chi connectivity index (χ0) is 35.2. The Balaban J connectivity index is 1.58. The van der Waals surface area contributed by atoms with Gasteiger partial charge in [0.05, 0.1) is 17.6 Å². The molecule has 0 radical (unpaired) electrons. The number of likely N-dealkylation sites (tertiary alicyclic amines) is 1. The van der Waals surface area contributed by atoms with Crippen LogP contribution in [0.25, 0.3) is 0 Å². The van der Waals surface area contributed by atoms with E-state index in [0.29, 0.717) is 24.3 Å². The van der Waals surface area contributed by atoms with Crippen LogP contribution in [0.15, 0.2) is 66.0 Å². The Bertz CT molecular complexity index is 1760. The summed E-state index contributed by atoms with van der Waals surface area (Å²) in [6, 6.07) is 9.89. The van der Waals surface area contributed by atoms with Crippen molar-refractivity contribution < 1.29 is 50.4 Å². The molecule has 1 saturated heterocycles. The van der Waals surface area contributed by atoms with E-state index in [-0.39, 0.29) is 24.3 Å². The van der Waals surface area contributed by atoms with Crippen LogP contribution in [0.3, 0.4) is 0 Å². The van der Waals surface area contributed by atoms with E-state index in [4.69, 9.17) is 4.74 Å². The third-order valence-corrected chi connectivity index (χ3v) is 10.1. The second-order valence-corrected chi connectivity index (χ2v) is 14.1. The van der Waals surface area contributed by atoms with Crippen molar-refractivity contribution in [3.63, 3.8) is 0 Å². The zero-order valence-corrected chi connectivity index (χ0v) is 28.4. The summed E-state index contributed by atoms with van der Waals surface area (Å²) in [7, 11) is -3.24. The predicted octanol–water partition coefficient (Wildman–Crippen LogP) is 4.73. The summed E-state index contributed by atoms with van der Waals surface area (Å²) >= 11 is -2.21. The Hall–Kier alpha value is -4.16. The number of unbranched alkanes of at least 4 members (excludes halogenated alkanes) is 3. The number of quaternary nitrogens is 1. The van der Waals surface area contributed by atoms with E-state index in [0.717, 1.165) is 29.6 Å². The molecule has 3 aromatic rings. The van der Waals surface area contributed by atoms with Gasteiger partial charge in [0, 0.05) is 19.7 Å². The second-order valence-electron chi connectivity index (χ2n) is 11.7. The molecule has 4 N–H and O–H groups in total. The molecule has 2 heterocycles. The van der Waals surface area contributed by atoms with E-state index >= 15 is 0 Å². The van der Waals surface area contributed by atoms with Gasteiger partial charge in [-0.25, -0.2) is 14.0 Å². The first-order valence-corrected chi connectivity index (χ1v) is 17.9. The molecule has 1 fully saturated rings. The molecule has 0 aliphatic carbocycles. The zero-order valence-electron chi connectivity index (χ0n) is 26.8. The minimum atomic E-state index is -4.69. The maximum absolute atomic E-state index is 14.4. The second kappa shape index (κ2) is 15.4. The summed E-state index contributed by atoms with van der Waals surface area (Å²) < 4.78 is 61.6. The molecule has 3 amide bonds.